The van der Waals surface area contributed by atoms with E-state index in [0.717, 1.165) is 46.8 Å². The monoisotopic (exact) mass is 321 g/mol. The number of nitrogens with two attached hydrogens (primary N) is 1. The topological polar surface area (TPSA) is 43.8 Å². The minimum absolute atomic E-state index is 0.765. The highest BCUT2D eigenvalue weighted by molar-refractivity contribution is 9.10. The molecule has 0 amide bonds. The maximum atomic E-state index is 6.25. The SMILES string of the molecule is CCCCn1c(C)nc(-c2ccc(C)c(Br)c2)c1N. The average molecular weight is 322 g/mol. The summed E-state index contributed by atoms with van der Waals surface area (Å²) in [6, 6.07) is 6.24. The number of nitrogen functional groups attached to an aromatic ring is 1. The van der Waals surface area contributed by atoms with Crippen LogP contribution in [0.5, 0.6) is 0 Å². The summed E-state index contributed by atoms with van der Waals surface area (Å²) < 4.78 is 3.19. The van der Waals surface area contributed by atoms with Crippen molar-refractivity contribution in [3.05, 3.63) is 34.1 Å². The van der Waals surface area contributed by atoms with Gasteiger partial charge in [-0.15, -0.1) is 0 Å². The number of anilines is 1. The summed E-state index contributed by atoms with van der Waals surface area (Å²) in [5.74, 6) is 1.75. The molecule has 1 heterocycles. The highest BCUT2D eigenvalue weighted by Gasteiger charge is 2.13. The van der Waals surface area contributed by atoms with Crippen molar-refractivity contribution in [1.29, 1.82) is 0 Å². The van der Waals surface area contributed by atoms with Gasteiger partial charge in [0.05, 0.1) is 0 Å². The second-order valence-corrected chi connectivity index (χ2v) is 5.72. The molecule has 0 aliphatic heterocycles. The molecular formula is C15H20BrN3. The zero-order valence-electron chi connectivity index (χ0n) is 11.7. The van der Waals surface area contributed by atoms with E-state index in [1.807, 2.05) is 6.92 Å². The van der Waals surface area contributed by atoms with Crippen molar-refractivity contribution in [2.75, 3.05) is 5.73 Å². The number of aryl methyl sites for hydroxylation is 2. The minimum atomic E-state index is 0.765. The predicted octanol–water partition coefficient (Wildman–Crippen LogP) is 4.31. The Balaban J connectivity index is 2.42. The van der Waals surface area contributed by atoms with Crippen LogP contribution in [0.2, 0.25) is 0 Å². The van der Waals surface area contributed by atoms with E-state index in [0.29, 0.717) is 0 Å². The fourth-order valence-electron chi connectivity index (χ4n) is 2.13. The minimum Gasteiger partial charge on any atom is -0.383 e. The van der Waals surface area contributed by atoms with E-state index in [2.05, 4.69) is 57.5 Å². The molecule has 0 unspecified atom stereocenters. The van der Waals surface area contributed by atoms with E-state index in [1.165, 1.54) is 5.56 Å². The molecule has 2 N–H and O–H groups in total. The standard InChI is InChI=1S/C15H20BrN3/c1-4-5-8-19-11(3)18-14(15(19)17)12-7-6-10(2)13(16)9-12/h6-7,9H,4-5,8,17H2,1-3H3. The van der Waals surface area contributed by atoms with Gasteiger partial charge in [-0.2, -0.15) is 0 Å². The molecule has 102 valence electrons. The Labute approximate surface area is 123 Å². The third kappa shape index (κ3) is 2.84. The Morgan fingerprint density at radius 3 is 2.68 bits per heavy atom. The zero-order chi connectivity index (χ0) is 14.0. The van der Waals surface area contributed by atoms with Gasteiger partial charge in [-0.05, 0) is 31.9 Å². The lowest BCUT2D eigenvalue weighted by molar-refractivity contribution is 0.622. The van der Waals surface area contributed by atoms with Crippen molar-refractivity contribution >= 4 is 21.7 Å². The maximum Gasteiger partial charge on any atom is 0.131 e. The smallest absolute Gasteiger partial charge is 0.131 e. The summed E-state index contributed by atoms with van der Waals surface area (Å²) in [5.41, 5.74) is 9.41. The Morgan fingerprint density at radius 1 is 1.32 bits per heavy atom. The fraction of sp³-hybridized carbons (Fsp3) is 0.400. The summed E-state index contributed by atoms with van der Waals surface area (Å²) in [6.45, 7) is 7.20. The van der Waals surface area contributed by atoms with Crippen LogP contribution in [0.1, 0.15) is 31.2 Å². The van der Waals surface area contributed by atoms with Crippen LogP contribution >= 0.6 is 15.9 Å². The van der Waals surface area contributed by atoms with Gasteiger partial charge >= 0.3 is 0 Å². The third-order valence-electron chi connectivity index (χ3n) is 3.38. The molecule has 0 aliphatic rings. The largest absolute Gasteiger partial charge is 0.383 e. The molecule has 0 radical (unpaired) electrons. The van der Waals surface area contributed by atoms with Gasteiger partial charge in [-0.1, -0.05) is 41.4 Å². The number of imidazole rings is 1. The molecule has 0 fully saturated rings. The van der Waals surface area contributed by atoms with E-state index in [-0.39, 0.29) is 0 Å². The summed E-state index contributed by atoms with van der Waals surface area (Å²) in [4.78, 5) is 4.62. The molecule has 1 aromatic heterocycles. The Hall–Kier alpha value is -1.29. The maximum absolute atomic E-state index is 6.25. The number of hydrogen-bond acceptors (Lipinski definition) is 2. The number of unbranched alkanes of at least 4 members (excludes halogenated alkanes) is 1. The number of benzene rings is 1. The lowest BCUT2D eigenvalue weighted by atomic mass is 10.1. The molecule has 4 heteroatoms. The summed E-state index contributed by atoms with van der Waals surface area (Å²) in [5, 5.41) is 0. The van der Waals surface area contributed by atoms with Crippen LogP contribution in [0.3, 0.4) is 0 Å². The second-order valence-electron chi connectivity index (χ2n) is 4.86. The average Bonchev–Trinajstić information content (AvgIpc) is 2.66. The molecule has 19 heavy (non-hydrogen) atoms. The molecule has 0 spiro atoms. The molecule has 0 saturated carbocycles. The molecule has 0 aliphatic carbocycles. The number of rotatable bonds is 4. The Morgan fingerprint density at radius 2 is 2.05 bits per heavy atom. The third-order valence-corrected chi connectivity index (χ3v) is 4.23. The molecule has 1 aromatic carbocycles. The van der Waals surface area contributed by atoms with Crippen molar-refractivity contribution in [2.45, 2.75) is 40.2 Å². The number of hydrogen-bond donors (Lipinski definition) is 1. The highest BCUT2D eigenvalue weighted by atomic mass is 79.9. The quantitative estimate of drug-likeness (QED) is 0.911. The predicted molar refractivity (Wildman–Crippen MR) is 84.2 cm³/mol. The summed E-state index contributed by atoms with van der Waals surface area (Å²) >= 11 is 3.56. The fourth-order valence-corrected chi connectivity index (χ4v) is 2.51. The van der Waals surface area contributed by atoms with Crippen molar-refractivity contribution in [3.63, 3.8) is 0 Å². The van der Waals surface area contributed by atoms with Crippen molar-refractivity contribution in [3.8, 4) is 11.3 Å². The van der Waals surface area contributed by atoms with Crippen LogP contribution in [0, 0.1) is 13.8 Å². The lowest BCUT2D eigenvalue weighted by Gasteiger charge is -2.07. The molecule has 0 saturated heterocycles. The van der Waals surface area contributed by atoms with E-state index >= 15 is 0 Å². The normalized spacial score (nSPS) is 10.9. The van der Waals surface area contributed by atoms with Crippen LogP contribution in [-0.4, -0.2) is 9.55 Å². The van der Waals surface area contributed by atoms with Gasteiger partial charge in [0, 0.05) is 16.6 Å². The second kappa shape index (κ2) is 5.78. The zero-order valence-corrected chi connectivity index (χ0v) is 13.3. The van der Waals surface area contributed by atoms with Gasteiger partial charge < -0.3 is 10.3 Å². The van der Waals surface area contributed by atoms with E-state index in [1.54, 1.807) is 0 Å². The van der Waals surface area contributed by atoms with Gasteiger partial charge in [-0.3, -0.25) is 0 Å². The number of halogens is 1. The molecule has 3 nitrogen and oxygen atoms in total. The summed E-state index contributed by atoms with van der Waals surface area (Å²) in [6.07, 6.45) is 2.28. The highest BCUT2D eigenvalue weighted by Crippen LogP contribution is 2.29. The number of nitrogens with zero attached hydrogens (tertiary/aromatic N) is 2. The molecule has 2 rings (SSSR count). The van der Waals surface area contributed by atoms with Crippen LogP contribution in [0.25, 0.3) is 11.3 Å². The van der Waals surface area contributed by atoms with Crippen molar-refractivity contribution < 1.29 is 0 Å². The van der Waals surface area contributed by atoms with E-state index in [4.69, 9.17) is 5.73 Å². The molecule has 2 aromatic rings. The van der Waals surface area contributed by atoms with Crippen LogP contribution in [0.4, 0.5) is 5.82 Å². The van der Waals surface area contributed by atoms with Crippen molar-refractivity contribution in [2.24, 2.45) is 0 Å². The van der Waals surface area contributed by atoms with Crippen LogP contribution < -0.4 is 5.73 Å². The van der Waals surface area contributed by atoms with E-state index < -0.39 is 0 Å². The first kappa shape index (κ1) is 14.1. The number of aromatic nitrogens is 2. The van der Waals surface area contributed by atoms with Gasteiger partial charge in [0.25, 0.3) is 0 Å². The first-order chi connectivity index (χ1) is 9.04. The first-order valence-corrected chi connectivity index (χ1v) is 7.43. The van der Waals surface area contributed by atoms with Gasteiger partial charge in [0.2, 0.25) is 0 Å². The molecular weight excluding hydrogens is 302 g/mol. The van der Waals surface area contributed by atoms with Gasteiger partial charge in [0.15, 0.2) is 0 Å². The summed E-state index contributed by atoms with van der Waals surface area (Å²) in [7, 11) is 0. The van der Waals surface area contributed by atoms with Crippen LogP contribution in [0.15, 0.2) is 22.7 Å². The van der Waals surface area contributed by atoms with Crippen molar-refractivity contribution in [1.82, 2.24) is 9.55 Å². The molecule has 0 bridgehead atoms. The molecule has 0 atom stereocenters. The Kier molecular flexibility index (Phi) is 4.30. The Bertz CT molecular complexity index is 587. The van der Waals surface area contributed by atoms with Crippen LogP contribution in [-0.2, 0) is 6.54 Å². The van der Waals surface area contributed by atoms with Gasteiger partial charge in [-0.25, -0.2) is 4.98 Å². The van der Waals surface area contributed by atoms with Gasteiger partial charge in [0.1, 0.15) is 17.3 Å². The lowest BCUT2D eigenvalue weighted by Crippen LogP contribution is -2.04. The van der Waals surface area contributed by atoms with E-state index in [9.17, 15) is 0 Å². The first-order valence-electron chi connectivity index (χ1n) is 6.63.